The lowest BCUT2D eigenvalue weighted by molar-refractivity contribution is 0.104. The van der Waals surface area contributed by atoms with Crippen LogP contribution in [0, 0.1) is 3.57 Å². The summed E-state index contributed by atoms with van der Waals surface area (Å²) in [6.07, 6.45) is 3.38. The largest absolute Gasteiger partial charge is 0.496 e. The Labute approximate surface area is 186 Å². The van der Waals surface area contributed by atoms with Crippen molar-refractivity contribution >= 4 is 50.4 Å². The van der Waals surface area contributed by atoms with Gasteiger partial charge in [-0.3, -0.25) is 4.79 Å². The van der Waals surface area contributed by atoms with E-state index in [1.54, 1.807) is 31.4 Å². The highest BCUT2D eigenvalue weighted by Crippen LogP contribution is 2.23. The number of ketones is 1. The van der Waals surface area contributed by atoms with Crippen molar-refractivity contribution in [3.63, 3.8) is 0 Å². The number of rotatable bonds is 7. The lowest BCUT2D eigenvalue weighted by Gasteiger charge is -2.11. The molecule has 0 fully saturated rings. The van der Waals surface area contributed by atoms with Crippen LogP contribution in [0.1, 0.15) is 21.5 Å². The number of methoxy groups -OCH3 is 1. The Bertz CT molecular complexity index is 997. The molecule has 0 amide bonds. The van der Waals surface area contributed by atoms with Crippen molar-refractivity contribution < 1.29 is 14.3 Å². The van der Waals surface area contributed by atoms with Crippen LogP contribution in [0.2, 0.25) is 0 Å². The van der Waals surface area contributed by atoms with E-state index in [4.69, 9.17) is 9.47 Å². The van der Waals surface area contributed by atoms with Gasteiger partial charge < -0.3 is 9.47 Å². The monoisotopic (exact) mass is 548 g/mol. The second-order valence-corrected chi connectivity index (χ2v) is 8.18. The lowest BCUT2D eigenvalue weighted by atomic mass is 10.1. The number of allylic oxidation sites excluding steroid dienone is 1. The molecule has 0 aliphatic rings. The number of benzene rings is 3. The quantitative estimate of drug-likeness (QED) is 0.191. The van der Waals surface area contributed by atoms with Crippen LogP contribution in [0.4, 0.5) is 0 Å². The number of carbonyl (C=O) groups excluding carboxylic acids is 1. The van der Waals surface area contributed by atoms with Gasteiger partial charge in [-0.15, -0.1) is 0 Å². The molecule has 0 aliphatic carbocycles. The van der Waals surface area contributed by atoms with Gasteiger partial charge in [0.15, 0.2) is 5.78 Å². The van der Waals surface area contributed by atoms with Crippen LogP contribution < -0.4 is 9.47 Å². The second-order valence-electron chi connectivity index (χ2n) is 6.02. The first-order valence-electron chi connectivity index (χ1n) is 8.58. The van der Waals surface area contributed by atoms with Gasteiger partial charge in [0.25, 0.3) is 0 Å². The molecule has 3 rings (SSSR count). The van der Waals surface area contributed by atoms with Gasteiger partial charge in [-0.1, -0.05) is 40.2 Å². The zero-order valence-corrected chi connectivity index (χ0v) is 18.9. The van der Waals surface area contributed by atoms with Crippen LogP contribution in [0.3, 0.4) is 0 Å². The Kier molecular flexibility index (Phi) is 7.28. The van der Waals surface area contributed by atoms with Gasteiger partial charge in [0.2, 0.25) is 0 Å². The predicted molar refractivity (Wildman–Crippen MR) is 124 cm³/mol. The molecule has 0 unspecified atom stereocenters. The molecule has 28 heavy (non-hydrogen) atoms. The first kappa shape index (κ1) is 20.6. The fourth-order valence-corrected chi connectivity index (χ4v) is 3.38. The number of carbonyl (C=O) groups is 1. The maximum Gasteiger partial charge on any atom is 0.185 e. The van der Waals surface area contributed by atoms with Crippen LogP contribution >= 0.6 is 38.5 Å². The van der Waals surface area contributed by atoms with Crippen LogP contribution in [-0.2, 0) is 6.61 Å². The molecule has 0 saturated heterocycles. The van der Waals surface area contributed by atoms with Gasteiger partial charge in [-0.2, -0.15) is 0 Å². The summed E-state index contributed by atoms with van der Waals surface area (Å²) in [7, 11) is 1.63. The van der Waals surface area contributed by atoms with Gasteiger partial charge in [0.1, 0.15) is 18.1 Å². The highest BCUT2D eigenvalue weighted by Gasteiger charge is 2.06. The van der Waals surface area contributed by atoms with Crippen molar-refractivity contribution in [3.8, 4) is 11.5 Å². The standard InChI is InChI=1S/C23H18BrIO3/c1-27-23-12-6-16(5-11-22(26)17-3-2-4-19(24)14-17)13-18(23)15-28-21-9-7-20(25)8-10-21/h2-14H,15H2,1H3/b11-5+. The van der Waals surface area contributed by atoms with Crippen LogP contribution in [0.25, 0.3) is 6.08 Å². The maximum atomic E-state index is 12.4. The van der Waals surface area contributed by atoms with E-state index in [0.717, 1.165) is 30.7 Å². The molecule has 0 aliphatic heterocycles. The van der Waals surface area contributed by atoms with E-state index in [9.17, 15) is 4.79 Å². The molecule has 3 nitrogen and oxygen atoms in total. The fraction of sp³-hybridized carbons (Fsp3) is 0.0870. The van der Waals surface area contributed by atoms with Gasteiger partial charge in [0.05, 0.1) is 7.11 Å². The molecular formula is C23H18BrIO3. The summed E-state index contributed by atoms with van der Waals surface area (Å²) >= 11 is 5.65. The van der Waals surface area contributed by atoms with E-state index in [1.807, 2.05) is 54.6 Å². The molecule has 3 aromatic rings. The third kappa shape index (κ3) is 5.69. The Morgan fingerprint density at radius 2 is 1.86 bits per heavy atom. The summed E-state index contributed by atoms with van der Waals surface area (Å²) in [5.41, 5.74) is 2.46. The van der Waals surface area contributed by atoms with Gasteiger partial charge in [-0.25, -0.2) is 0 Å². The van der Waals surface area contributed by atoms with Crippen LogP contribution in [-0.4, -0.2) is 12.9 Å². The molecule has 3 aromatic carbocycles. The molecule has 0 N–H and O–H groups in total. The molecular weight excluding hydrogens is 531 g/mol. The molecule has 0 heterocycles. The highest BCUT2D eigenvalue weighted by atomic mass is 127. The summed E-state index contributed by atoms with van der Waals surface area (Å²) in [5.74, 6) is 1.50. The minimum atomic E-state index is -0.0474. The molecule has 5 heteroatoms. The Hall–Kier alpha value is -2.12. The van der Waals surface area contributed by atoms with Crippen LogP contribution in [0.15, 0.2) is 77.3 Å². The van der Waals surface area contributed by atoms with E-state index < -0.39 is 0 Å². The third-order valence-electron chi connectivity index (χ3n) is 4.05. The average molecular weight is 549 g/mol. The molecule has 0 spiro atoms. The summed E-state index contributed by atoms with van der Waals surface area (Å²) in [6.45, 7) is 0.380. The Balaban J connectivity index is 1.74. The van der Waals surface area contributed by atoms with E-state index in [1.165, 1.54) is 0 Å². The normalized spacial score (nSPS) is 10.8. The number of hydrogen-bond donors (Lipinski definition) is 0. The summed E-state index contributed by atoms with van der Waals surface area (Å²) in [5, 5.41) is 0. The first-order chi connectivity index (χ1) is 13.5. The zero-order valence-electron chi connectivity index (χ0n) is 15.2. The second kappa shape index (κ2) is 9.89. The lowest BCUT2D eigenvalue weighted by Crippen LogP contribution is -1.99. The van der Waals surface area contributed by atoms with Crippen molar-refractivity contribution in [1.29, 1.82) is 0 Å². The van der Waals surface area contributed by atoms with E-state index >= 15 is 0 Å². The molecule has 0 atom stereocenters. The molecule has 0 saturated carbocycles. The molecule has 0 aromatic heterocycles. The van der Waals surface area contributed by atoms with Crippen LogP contribution in [0.5, 0.6) is 11.5 Å². The zero-order chi connectivity index (χ0) is 19.9. The Morgan fingerprint density at radius 1 is 1.07 bits per heavy atom. The maximum absolute atomic E-state index is 12.4. The first-order valence-corrected chi connectivity index (χ1v) is 10.5. The fourth-order valence-electron chi connectivity index (χ4n) is 2.62. The van der Waals surface area contributed by atoms with Crippen molar-refractivity contribution in [2.75, 3.05) is 7.11 Å². The summed E-state index contributed by atoms with van der Waals surface area (Å²) in [6, 6.07) is 21.0. The third-order valence-corrected chi connectivity index (χ3v) is 5.26. The predicted octanol–water partition coefficient (Wildman–Crippen LogP) is 6.54. The van der Waals surface area contributed by atoms with Crippen molar-refractivity contribution in [2.24, 2.45) is 0 Å². The SMILES string of the molecule is COc1ccc(/C=C/C(=O)c2cccc(Br)c2)cc1COc1ccc(I)cc1. The minimum absolute atomic E-state index is 0.0474. The van der Waals surface area contributed by atoms with Gasteiger partial charge in [0, 0.05) is 19.2 Å². The molecule has 142 valence electrons. The van der Waals surface area contributed by atoms with Crippen molar-refractivity contribution in [1.82, 2.24) is 0 Å². The highest BCUT2D eigenvalue weighted by molar-refractivity contribution is 14.1. The summed E-state index contributed by atoms with van der Waals surface area (Å²) < 4.78 is 13.3. The van der Waals surface area contributed by atoms with E-state index in [0.29, 0.717) is 12.2 Å². The average Bonchev–Trinajstić information content (AvgIpc) is 2.71. The van der Waals surface area contributed by atoms with Gasteiger partial charge in [-0.05, 0) is 82.8 Å². The smallest absolute Gasteiger partial charge is 0.185 e. The number of hydrogen-bond acceptors (Lipinski definition) is 3. The number of halogens is 2. The number of ether oxygens (including phenoxy) is 2. The molecule has 0 bridgehead atoms. The van der Waals surface area contributed by atoms with Gasteiger partial charge >= 0.3 is 0 Å². The van der Waals surface area contributed by atoms with E-state index in [-0.39, 0.29) is 5.78 Å². The summed E-state index contributed by atoms with van der Waals surface area (Å²) in [4.78, 5) is 12.4. The van der Waals surface area contributed by atoms with Crippen molar-refractivity contribution in [3.05, 3.63) is 97.5 Å². The molecule has 0 radical (unpaired) electrons. The van der Waals surface area contributed by atoms with Crippen molar-refractivity contribution in [2.45, 2.75) is 6.61 Å². The topological polar surface area (TPSA) is 35.5 Å². The minimum Gasteiger partial charge on any atom is -0.496 e. The van der Waals surface area contributed by atoms with E-state index in [2.05, 4.69) is 38.5 Å². The Morgan fingerprint density at radius 3 is 2.57 bits per heavy atom.